The number of nitrogens with zero attached hydrogens (tertiary/aromatic N) is 2. The second-order valence-corrected chi connectivity index (χ2v) is 12.2. The monoisotopic (exact) mass is 529 g/mol. The minimum Gasteiger partial charge on any atom is -0.598 e. The number of pyridine rings is 1. The van der Waals surface area contributed by atoms with Crippen LogP contribution in [0.3, 0.4) is 0 Å². The molecule has 1 amide bonds. The van der Waals surface area contributed by atoms with Crippen molar-refractivity contribution < 1.29 is 18.8 Å². The van der Waals surface area contributed by atoms with E-state index in [-0.39, 0.29) is 29.6 Å². The van der Waals surface area contributed by atoms with Crippen molar-refractivity contribution in [1.82, 2.24) is 14.6 Å². The quantitative estimate of drug-likeness (QED) is 0.293. The van der Waals surface area contributed by atoms with Crippen LogP contribution in [0.1, 0.15) is 51.3 Å². The van der Waals surface area contributed by atoms with Crippen molar-refractivity contribution >= 4 is 39.8 Å². The van der Waals surface area contributed by atoms with Gasteiger partial charge in [0, 0.05) is 22.9 Å². The van der Waals surface area contributed by atoms with E-state index in [1.54, 1.807) is 11.1 Å². The summed E-state index contributed by atoms with van der Waals surface area (Å²) in [4.78, 5) is 18.2. The fourth-order valence-electron chi connectivity index (χ4n) is 3.94. The predicted molar refractivity (Wildman–Crippen MR) is 143 cm³/mol. The van der Waals surface area contributed by atoms with Gasteiger partial charge >= 0.3 is 6.09 Å². The van der Waals surface area contributed by atoms with Crippen LogP contribution in [-0.4, -0.2) is 44.5 Å². The van der Waals surface area contributed by atoms with Gasteiger partial charge in [-0.2, -0.15) is 0 Å². The van der Waals surface area contributed by atoms with Crippen molar-refractivity contribution in [2.75, 3.05) is 13.1 Å². The van der Waals surface area contributed by atoms with Crippen molar-refractivity contribution in [3.63, 3.8) is 0 Å². The highest BCUT2D eigenvalue weighted by Crippen LogP contribution is 2.35. The van der Waals surface area contributed by atoms with Gasteiger partial charge in [-0.15, -0.1) is 4.72 Å². The molecule has 192 valence electrons. The van der Waals surface area contributed by atoms with E-state index in [0.717, 1.165) is 28.3 Å². The first kappa shape index (κ1) is 26.5. The van der Waals surface area contributed by atoms with Crippen LogP contribution < -0.4 is 9.46 Å². The number of nitrogens with one attached hydrogen (secondary N) is 1. The molecule has 1 aliphatic rings. The number of aromatic nitrogens is 1. The molecule has 1 saturated heterocycles. The van der Waals surface area contributed by atoms with Gasteiger partial charge in [0.25, 0.3) is 0 Å². The number of rotatable bonds is 8. The SMILES string of the molecule is CC[C@H](N[S+]([O-])C(C)(C)C)c1ccc(OC2CN(C(=O)OCc3ccccc3)C2)c2cnc(Cl)cc12. The molecule has 0 aliphatic carbocycles. The maximum Gasteiger partial charge on any atom is 0.410 e. The highest BCUT2D eigenvalue weighted by Gasteiger charge is 2.34. The largest absolute Gasteiger partial charge is 0.598 e. The average Bonchev–Trinajstić information content (AvgIpc) is 2.82. The van der Waals surface area contributed by atoms with Gasteiger partial charge in [0.15, 0.2) is 0 Å². The molecule has 0 bridgehead atoms. The third kappa shape index (κ3) is 6.24. The summed E-state index contributed by atoms with van der Waals surface area (Å²) < 4.78 is 27.3. The van der Waals surface area contributed by atoms with Crippen molar-refractivity contribution in [1.29, 1.82) is 0 Å². The van der Waals surface area contributed by atoms with E-state index >= 15 is 0 Å². The predicted octanol–water partition coefficient (Wildman–Crippen LogP) is 5.79. The Morgan fingerprint density at radius 3 is 2.61 bits per heavy atom. The number of hydrogen-bond donors (Lipinski definition) is 1. The molecule has 4 rings (SSSR count). The smallest absolute Gasteiger partial charge is 0.410 e. The van der Waals surface area contributed by atoms with Gasteiger partial charge < -0.3 is 18.9 Å². The zero-order chi connectivity index (χ0) is 25.9. The molecule has 3 aromatic rings. The molecule has 0 radical (unpaired) electrons. The van der Waals surface area contributed by atoms with Crippen molar-refractivity contribution in [2.24, 2.45) is 0 Å². The first-order valence-electron chi connectivity index (χ1n) is 12.0. The summed E-state index contributed by atoms with van der Waals surface area (Å²) in [5.41, 5.74) is 1.93. The number of halogens is 1. The van der Waals surface area contributed by atoms with Crippen LogP contribution in [0.5, 0.6) is 5.75 Å². The fraction of sp³-hybridized carbons (Fsp3) is 0.407. The highest BCUT2D eigenvalue weighted by atomic mass is 35.5. The van der Waals surface area contributed by atoms with Gasteiger partial charge in [-0.3, -0.25) is 0 Å². The summed E-state index contributed by atoms with van der Waals surface area (Å²) in [6.07, 6.45) is 1.96. The van der Waals surface area contributed by atoms with Crippen LogP contribution in [0.25, 0.3) is 10.8 Å². The molecule has 36 heavy (non-hydrogen) atoms. The van der Waals surface area contributed by atoms with Crippen LogP contribution in [-0.2, 0) is 22.7 Å². The number of ether oxygens (including phenoxy) is 2. The standard InChI is InChI=1S/C27H32ClN3O4S/c1-5-23(30-36(33)27(2,3)4)20-11-12-24(22-14-29-25(28)13-21(20)22)35-19-15-31(16-19)26(32)34-17-18-9-7-6-8-10-18/h6-14,19,23,30H,5,15-17H2,1-4H3/t23-,36?/m0/s1. The molecule has 9 heteroatoms. The Morgan fingerprint density at radius 1 is 1.22 bits per heavy atom. The zero-order valence-corrected chi connectivity index (χ0v) is 22.6. The van der Waals surface area contributed by atoms with Crippen LogP contribution in [0.15, 0.2) is 54.7 Å². The summed E-state index contributed by atoms with van der Waals surface area (Å²) in [6, 6.07) is 15.2. The van der Waals surface area contributed by atoms with Gasteiger partial charge in [0.1, 0.15) is 28.4 Å². The second-order valence-electron chi connectivity index (χ2n) is 9.85. The molecule has 1 N–H and O–H groups in total. The first-order chi connectivity index (χ1) is 17.2. The van der Waals surface area contributed by atoms with Crippen LogP contribution in [0, 0.1) is 0 Å². The molecule has 0 spiro atoms. The Hall–Kier alpha value is -2.52. The lowest BCUT2D eigenvalue weighted by Gasteiger charge is -2.38. The van der Waals surface area contributed by atoms with E-state index in [2.05, 4.69) is 16.6 Å². The summed E-state index contributed by atoms with van der Waals surface area (Å²) in [7, 11) is 0. The van der Waals surface area contributed by atoms with E-state index in [4.69, 9.17) is 21.1 Å². The molecular formula is C27H32ClN3O4S. The number of fused-ring (bicyclic) bond motifs is 1. The summed E-state index contributed by atoms with van der Waals surface area (Å²) in [5.74, 6) is 0.673. The van der Waals surface area contributed by atoms with Crippen molar-refractivity contribution in [3.05, 3.63) is 71.0 Å². The minimum absolute atomic E-state index is 0.126. The van der Waals surface area contributed by atoms with Crippen molar-refractivity contribution in [3.8, 4) is 5.75 Å². The number of carbonyl (C=O) groups is 1. The maximum absolute atomic E-state index is 12.8. The molecule has 1 aromatic heterocycles. The third-order valence-corrected chi connectivity index (χ3v) is 7.87. The fourth-order valence-corrected chi connectivity index (χ4v) is 5.00. The lowest BCUT2D eigenvalue weighted by molar-refractivity contribution is 0.00932. The van der Waals surface area contributed by atoms with Gasteiger partial charge in [-0.05, 0) is 55.8 Å². The van der Waals surface area contributed by atoms with Crippen LogP contribution in [0.2, 0.25) is 5.15 Å². The summed E-state index contributed by atoms with van der Waals surface area (Å²) >= 11 is 5.03. The molecular weight excluding hydrogens is 498 g/mol. The Kier molecular flexibility index (Phi) is 8.30. The molecule has 1 fully saturated rings. The van der Waals surface area contributed by atoms with E-state index < -0.39 is 11.4 Å². The Balaban J connectivity index is 1.44. The molecule has 0 saturated carbocycles. The Bertz CT molecular complexity index is 1200. The van der Waals surface area contributed by atoms with E-state index in [1.165, 1.54) is 0 Å². The number of likely N-dealkylation sites (tertiary alicyclic amines) is 1. The molecule has 7 nitrogen and oxygen atoms in total. The van der Waals surface area contributed by atoms with Gasteiger partial charge in [-0.25, -0.2) is 9.78 Å². The van der Waals surface area contributed by atoms with Crippen molar-refractivity contribution in [2.45, 2.75) is 57.6 Å². The van der Waals surface area contributed by atoms with Gasteiger partial charge in [-0.1, -0.05) is 54.9 Å². The molecule has 2 aromatic carbocycles. The highest BCUT2D eigenvalue weighted by molar-refractivity contribution is 7.90. The molecule has 1 aliphatic heterocycles. The van der Waals surface area contributed by atoms with E-state index in [9.17, 15) is 9.35 Å². The molecule has 2 heterocycles. The molecule has 2 atom stereocenters. The number of amides is 1. The van der Waals surface area contributed by atoms with Crippen LogP contribution in [0.4, 0.5) is 4.79 Å². The first-order valence-corrected chi connectivity index (χ1v) is 13.6. The minimum atomic E-state index is -1.22. The lowest BCUT2D eigenvalue weighted by atomic mass is 9.98. The number of hydrogen-bond acceptors (Lipinski definition) is 6. The van der Waals surface area contributed by atoms with Crippen LogP contribution >= 0.6 is 11.6 Å². The Labute approximate surface area is 220 Å². The summed E-state index contributed by atoms with van der Waals surface area (Å²) in [5, 5.41) is 2.10. The maximum atomic E-state index is 12.8. The number of benzene rings is 2. The van der Waals surface area contributed by atoms with Gasteiger partial charge in [0.05, 0.1) is 19.1 Å². The van der Waals surface area contributed by atoms with E-state index in [1.807, 2.05) is 69.3 Å². The van der Waals surface area contributed by atoms with Gasteiger partial charge in [0.2, 0.25) is 0 Å². The lowest BCUT2D eigenvalue weighted by Crippen LogP contribution is -2.56. The second kappa shape index (κ2) is 11.3. The number of carbonyl (C=O) groups excluding carboxylic acids is 1. The third-order valence-electron chi connectivity index (χ3n) is 6.06. The normalized spacial score (nSPS) is 15.9. The zero-order valence-electron chi connectivity index (χ0n) is 21.0. The Morgan fingerprint density at radius 2 is 1.94 bits per heavy atom. The topological polar surface area (TPSA) is 86.8 Å². The summed E-state index contributed by atoms with van der Waals surface area (Å²) in [6.45, 7) is 9.01. The van der Waals surface area contributed by atoms with E-state index in [0.29, 0.717) is 24.0 Å². The average molecular weight is 530 g/mol. The molecule has 1 unspecified atom stereocenters.